The molecule has 0 spiro atoms. The number of hydrogen-bond acceptors (Lipinski definition) is 6. The zero-order valence-electron chi connectivity index (χ0n) is 26.3. The van der Waals surface area contributed by atoms with Gasteiger partial charge in [0.1, 0.15) is 17.2 Å². The molecule has 0 atom stereocenters. The maximum atomic E-state index is 13.6. The number of ether oxygens (including phenoxy) is 5. The van der Waals surface area contributed by atoms with E-state index in [1.165, 1.54) is 7.11 Å². The van der Waals surface area contributed by atoms with Crippen LogP contribution in [0, 0.1) is 0 Å². The lowest BCUT2D eigenvalue weighted by Crippen LogP contribution is -2.18. The van der Waals surface area contributed by atoms with E-state index in [-0.39, 0.29) is 24.3 Å². The van der Waals surface area contributed by atoms with Gasteiger partial charge in [0.2, 0.25) is 0 Å². The summed E-state index contributed by atoms with van der Waals surface area (Å²) in [5.74, 6) is 2.52. The smallest absolute Gasteiger partial charge is 0.355 e. The summed E-state index contributed by atoms with van der Waals surface area (Å²) in [5.41, 5.74) is 7.18. The van der Waals surface area contributed by atoms with Crippen LogP contribution in [0.15, 0.2) is 60.7 Å². The molecule has 0 fully saturated rings. The monoisotopic (exact) mass is 583 g/mol. The summed E-state index contributed by atoms with van der Waals surface area (Å²) >= 11 is 0. The summed E-state index contributed by atoms with van der Waals surface area (Å²) in [6.07, 6.45) is 0.835. The molecule has 7 nitrogen and oxygen atoms in total. The highest BCUT2D eigenvalue weighted by Crippen LogP contribution is 2.50. The summed E-state index contributed by atoms with van der Waals surface area (Å²) in [4.78, 5) is 13.6. The molecule has 0 saturated heterocycles. The minimum Gasteiger partial charge on any atom is -0.493 e. The molecular weight excluding hydrogens is 542 g/mol. The molecule has 3 aromatic carbocycles. The molecule has 1 aromatic heterocycles. The van der Waals surface area contributed by atoms with Gasteiger partial charge < -0.3 is 28.3 Å². The highest BCUT2D eigenvalue weighted by Gasteiger charge is 2.34. The number of rotatable bonds is 10. The van der Waals surface area contributed by atoms with Crippen molar-refractivity contribution in [2.45, 2.75) is 72.8 Å². The second kappa shape index (κ2) is 12.5. The van der Waals surface area contributed by atoms with Gasteiger partial charge in [-0.15, -0.1) is 0 Å². The number of aromatic nitrogens is 1. The molecule has 0 saturated carbocycles. The van der Waals surface area contributed by atoms with Crippen LogP contribution in [0.25, 0.3) is 33.5 Å². The first-order valence-electron chi connectivity index (χ1n) is 14.9. The summed E-state index contributed by atoms with van der Waals surface area (Å²) in [6, 6.07) is 20.1. The summed E-state index contributed by atoms with van der Waals surface area (Å²) in [5, 5.41) is 0. The van der Waals surface area contributed by atoms with Gasteiger partial charge in [0, 0.05) is 23.2 Å². The van der Waals surface area contributed by atoms with Gasteiger partial charge >= 0.3 is 5.97 Å². The van der Waals surface area contributed by atoms with Crippen LogP contribution in [0.2, 0.25) is 0 Å². The minimum atomic E-state index is -0.389. The first-order valence-corrected chi connectivity index (χ1v) is 14.9. The molecule has 0 aliphatic carbocycles. The number of nitrogens with zero attached hydrogens (tertiary/aromatic N) is 1. The van der Waals surface area contributed by atoms with Crippen LogP contribution < -0.4 is 18.9 Å². The van der Waals surface area contributed by atoms with Gasteiger partial charge in [-0.2, -0.15) is 0 Å². The van der Waals surface area contributed by atoms with Crippen LogP contribution in [0.4, 0.5) is 0 Å². The number of methoxy groups -OCH3 is 2. The van der Waals surface area contributed by atoms with Gasteiger partial charge in [-0.3, -0.25) is 0 Å². The molecule has 7 heteroatoms. The number of benzene rings is 3. The second-order valence-corrected chi connectivity index (χ2v) is 11.5. The zero-order chi connectivity index (χ0) is 30.8. The Hall–Kier alpha value is -4.39. The van der Waals surface area contributed by atoms with E-state index in [1.807, 2.05) is 84.0 Å². The number of fused-ring (bicyclic) bond motifs is 3. The van der Waals surface area contributed by atoms with Crippen molar-refractivity contribution < 1.29 is 28.5 Å². The van der Waals surface area contributed by atoms with Crippen molar-refractivity contribution in [3.63, 3.8) is 0 Å². The maximum Gasteiger partial charge on any atom is 0.355 e. The van der Waals surface area contributed by atoms with Crippen LogP contribution in [0.3, 0.4) is 0 Å². The van der Waals surface area contributed by atoms with Crippen molar-refractivity contribution in [1.82, 2.24) is 4.57 Å². The lowest BCUT2D eigenvalue weighted by molar-refractivity contribution is 0.0589. The van der Waals surface area contributed by atoms with E-state index in [0.717, 1.165) is 57.0 Å². The van der Waals surface area contributed by atoms with E-state index >= 15 is 0 Å². The quantitative estimate of drug-likeness (QED) is 0.175. The number of esters is 1. The Balaban J connectivity index is 1.81. The molecule has 226 valence electrons. The van der Waals surface area contributed by atoms with Gasteiger partial charge in [0.05, 0.1) is 38.2 Å². The van der Waals surface area contributed by atoms with Crippen LogP contribution in [-0.4, -0.2) is 43.1 Å². The average Bonchev–Trinajstić information content (AvgIpc) is 3.32. The van der Waals surface area contributed by atoms with Gasteiger partial charge in [0.25, 0.3) is 0 Å². The van der Waals surface area contributed by atoms with Crippen molar-refractivity contribution in [3.05, 3.63) is 71.9 Å². The van der Waals surface area contributed by atoms with Gasteiger partial charge in [-0.1, -0.05) is 24.3 Å². The third kappa shape index (κ3) is 6.07. The van der Waals surface area contributed by atoms with E-state index in [4.69, 9.17) is 23.7 Å². The molecule has 43 heavy (non-hydrogen) atoms. The highest BCUT2D eigenvalue weighted by atomic mass is 16.5. The summed E-state index contributed by atoms with van der Waals surface area (Å²) < 4.78 is 31.3. The molecule has 4 aromatic rings. The van der Waals surface area contributed by atoms with E-state index in [2.05, 4.69) is 22.8 Å². The van der Waals surface area contributed by atoms with Crippen molar-refractivity contribution >= 4 is 5.97 Å². The molecular formula is C36H41NO6. The van der Waals surface area contributed by atoms with Gasteiger partial charge in [-0.25, -0.2) is 4.79 Å². The Kier molecular flexibility index (Phi) is 8.71. The number of carbonyl (C=O) groups is 1. The first kappa shape index (κ1) is 30.1. The van der Waals surface area contributed by atoms with E-state index in [9.17, 15) is 4.79 Å². The summed E-state index contributed by atoms with van der Waals surface area (Å²) in [7, 11) is 3.08. The number of aryl methyl sites for hydroxylation is 1. The minimum absolute atomic E-state index is 0.00159. The van der Waals surface area contributed by atoms with Crippen molar-refractivity contribution in [2.24, 2.45) is 0 Å². The highest BCUT2D eigenvalue weighted by molar-refractivity contribution is 6.07. The van der Waals surface area contributed by atoms with Crippen LogP contribution in [0.1, 0.15) is 57.6 Å². The number of carbonyl (C=O) groups excluding carboxylic acids is 1. The fourth-order valence-corrected chi connectivity index (χ4v) is 5.71. The molecule has 0 radical (unpaired) electrons. The third-order valence-electron chi connectivity index (χ3n) is 7.28. The van der Waals surface area contributed by atoms with Crippen LogP contribution in [-0.2, 0) is 17.7 Å². The SMILES string of the molecule is COC(=O)c1c(-c2ccc(OC(C)C)cc2)c(-c2ccc(OC(C)C)cc2)c2n1CCc1cc(OC(C)C)c(OC)cc1-2. The Labute approximate surface area is 254 Å². The molecule has 1 aliphatic heterocycles. The molecule has 0 bridgehead atoms. The normalized spacial score (nSPS) is 12.3. The molecule has 0 N–H and O–H groups in total. The fourth-order valence-electron chi connectivity index (χ4n) is 5.71. The van der Waals surface area contributed by atoms with Crippen LogP contribution >= 0.6 is 0 Å². The van der Waals surface area contributed by atoms with E-state index < -0.39 is 0 Å². The average molecular weight is 584 g/mol. The zero-order valence-corrected chi connectivity index (χ0v) is 26.3. The predicted octanol–water partition coefficient (Wildman–Crippen LogP) is 8.20. The Morgan fingerprint density at radius 1 is 0.698 bits per heavy atom. The van der Waals surface area contributed by atoms with Crippen molar-refractivity contribution in [1.29, 1.82) is 0 Å². The second-order valence-electron chi connectivity index (χ2n) is 11.5. The van der Waals surface area contributed by atoms with Gasteiger partial charge in [-0.05, 0) is 101 Å². The molecule has 1 aliphatic rings. The largest absolute Gasteiger partial charge is 0.493 e. The maximum absolute atomic E-state index is 13.6. The first-order chi connectivity index (χ1) is 20.6. The Morgan fingerprint density at radius 2 is 1.23 bits per heavy atom. The summed E-state index contributed by atoms with van der Waals surface area (Å²) in [6.45, 7) is 12.6. The topological polar surface area (TPSA) is 68.2 Å². The molecule has 0 unspecified atom stereocenters. The molecule has 5 rings (SSSR count). The number of hydrogen-bond donors (Lipinski definition) is 0. The van der Waals surface area contributed by atoms with E-state index in [1.54, 1.807) is 7.11 Å². The standard InChI is InChI=1S/C36H41NO6/c1-21(2)41-27-13-9-24(10-14-27)32-33(25-11-15-28(16-12-25)42-22(3)4)35(36(38)40-8)37-18-17-26-19-31(43-23(5)6)30(39-7)20-29(26)34(32)37/h9-16,19-23H,17-18H2,1-8H3. The van der Waals surface area contributed by atoms with Crippen molar-refractivity contribution in [2.75, 3.05) is 14.2 Å². The van der Waals surface area contributed by atoms with Crippen LogP contribution in [0.5, 0.6) is 23.0 Å². The lowest BCUT2D eigenvalue weighted by atomic mass is 9.90. The lowest BCUT2D eigenvalue weighted by Gasteiger charge is -2.24. The molecule has 0 amide bonds. The fraction of sp³-hybridized carbons (Fsp3) is 0.361. The van der Waals surface area contributed by atoms with Gasteiger partial charge in [0.15, 0.2) is 11.5 Å². The predicted molar refractivity (Wildman–Crippen MR) is 170 cm³/mol. The Bertz CT molecular complexity index is 1600. The van der Waals surface area contributed by atoms with E-state index in [0.29, 0.717) is 23.7 Å². The van der Waals surface area contributed by atoms with Crippen molar-refractivity contribution in [3.8, 4) is 56.5 Å². The third-order valence-corrected chi connectivity index (χ3v) is 7.28. The Morgan fingerprint density at radius 3 is 1.72 bits per heavy atom. The molecule has 2 heterocycles.